The summed E-state index contributed by atoms with van der Waals surface area (Å²) in [5, 5.41) is 3.38. The number of aryl methyl sites for hydroxylation is 1. The van der Waals surface area contributed by atoms with Gasteiger partial charge in [-0.2, -0.15) is 0 Å². The van der Waals surface area contributed by atoms with Crippen LogP contribution in [0.25, 0.3) is 0 Å². The first-order valence-electron chi connectivity index (χ1n) is 9.82. The van der Waals surface area contributed by atoms with E-state index in [2.05, 4.69) is 61.1 Å². The summed E-state index contributed by atoms with van der Waals surface area (Å²) in [6.07, 6.45) is 2.80. The van der Waals surface area contributed by atoms with Crippen LogP contribution in [-0.4, -0.2) is 48.0 Å². The summed E-state index contributed by atoms with van der Waals surface area (Å²) in [5.74, 6) is 0.0192. The molecule has 1 fully saturated rings. The minimum atomic E-state index is 0.0192. The van der Waals surface area contributed by atoms with E-state index in [4.69, 9.17) is 0 Å². The molecule has 1 unspecified atom stereocenters. The largest absolute Gasteiger partial charge is 0.381 e. The lowest BCUT2D eigenvalue weighted by atomic mass is 10.1. The smallest absolute Gasteiger partial charge is 0.272 e. The van der Waals surface area contributed by atoms with Crippen LogP contribution in [0.1, 0.15) is 41.9 Å². The molecule has 0 aliphatic carbocycles. The average molecular weight is 367 g/mol. The molecule has 2 heterocycles. The van der Waals surface area contributed by atoms with Crippen LogP contribution in [0, 0.1) is 13.8 Å². The highest BCUT2D eigenvalue weighted by Crippen LogP contribution is 2.24. The molecule has 1 amide bonds. The molecule has 1 N–H and O–H groups in total. The number of nitrogens with zero attached hydrogens (tertiary/aromatic N) is 3. The zero-order valence-electron chi connectivity index (χ0n) is 16.8. The maximum Gasteiger partial charge on any atom is 0.272 e. The fraction of sp³-hybridized carbons (Fsp3) is 0.455. The third kappa shape index (κ3) is 4.41. The molecule has 2 aromatic rings. The predicted molar refractivity (Wildman–Crippen MR) is 112 cm³/mol. The number of aromatic nitrogens is 1. The average Bonchev–Trinajstić information content (AvgIpc) is 2.70. The number of hydrogen-bond acceptors (Lipinski definition) is 4. The lowest BCUT2D eigenvalue weighted by molar-refractivity contribution is 0.0741. The molecule has 144 valence electrons. The van der Waals surface area contributed by atoms with E-state index in [9.17, 15) is 4.79 Å². The van der Waals surface area contributed by atoms with Crippen molar-refractivity contribution in [2.45, 2.75) is 40.2 Å². The Morgan fingerprint density at radius 3 is 2.52 bits per heavy atom. The fourth-order valence-electron chi connectivity index (χ4n) is 3.38. The molecule has 0 saturated carbocycles. The summed E-state index contributed by atoms with van der Waals surface area (Å²) in [4.78, 5) is 21.4. The first-order valence-corrected chi connectivity index (χ1v) is 9.82. The normalized spacial score (nSPS) is 15.6. The van der Waals surface area contributed by atoms with Crippen molar-refractivity contribution in [3.8, 4) is 0 Å². The quantitative estimate of drug-likeness (QED) is 0.873. The van der Waals surface area contributed by atoms with Gasteiger partial charge in [0.25, 0.3) is 5.91 Å². The summed E-state index contributed by atoms with van der Waals surface area (Å²) in [7, 11) is 0. The molecule has 1 aliphatic rings. The molecular weight excluding hydrogens is 336 g/mol. The maximum absolute atomic E-state index is 12.8. The van der Waals surface area contributed by atoms with Gasteiger partial charge in [-0.1, -0.05) is 19.1 Å². The van der Waals surface area contributed by atoms with Crippen LogP contribution < -0.4 is 10.2 Å². The number of hydrogen-bond donors (Lipinski definition) is 1. The van der Waals surface area contributed by atoms with Crippen molar-refractivity contribution in [2.75, 3.05) is 36.4 Å². The Labute approximate surface area is 162 Å². The van der Waals surface area contributed by atoms with Gasteiger partial charge in [-0.25, -0.2) is 4.98 Å². The Hall–Kier alpha value is -2.56. The van der Waals surface area contributed by atoms with Gasteiger partial charge in [0, 0.05) is 37.9 Å². The molecule has 1 aliphatic heterocycles. The van der Waals surface area contributed by atoms with Crippen molar-refractivity contribution in [2.24, 2.45) is 0 Å². The molecule has 3 rings (SSSR count). The lowest BCUT2D eigenvalue weighted by Gasteiger charge is -2.37. The monoisotopic (exact) mass is 366 g/mol. The number of benzene rings is 1. The zero-order valence-corrected chi connectivity index (χ0v) is 16.8. The second-order valence-corrected chi connectivity index (χ2v) is 7.38. The van der Waals surface area contributed by atoms with Crippen molar-refractivity contribution in [1.29, 1.82) is 0 Å². The molecule has 1 aromatic carbocycles. The number of carbonyl (C=O) groups is 1. The van der Waals surface area contributed by atoms with E-state index in [1.54, 1.807) is 6.20 Å². The van der Waals surface area contributed by atoms with E-state index in [0.29, 0.717) is 11.7 Å². The molecule has 1 atom stereocenters. The van der Waals surface area contributed by atoms with Crippen molar-refractivity contribution in [1.82, 2.24) is 9.88 Å². The fourth-order valence-corrected chi connectivity index (χ4v) is 3.38. The first kappa shape index (κ1) is 19.2. The summed E-state index contributed by atoms with van der Waals surface area (Å²) < 4.78 is 0. The van der Waals surface area contributed by atoms with E-state index >= 15 is 0 Å². The molecule has 0 radical (unpaired) electrons. The molecule has 0 spiro atoms. The van der Waals surface area contributed by atoms with Crippen LogP contribution in [0.15, 0.2) is 36.5 Å². The van der Waals surface area contributed by atoms with Crippen molar-refractivity contribution >= 4 is 17.3 Å². The highest BCUT2D eigenvalue weighted by molar-refractivity contribution is 5.92. The van der Waals surface area contributed by atoms with E-state index in [0.717, 1.165) is 38.3 Å². The van der Waals surface area contributed by atoms with E-state index in [1.165, 1.54) is 16.8 Å². The number of anilines is 2. The van der Waals surface area contributed by atoms with Crippen LogP contribution in [0.3, 0.4) is 0 Å². The van der Waals surface area contributed by atoms with Crippen LogP contribution in [-0.2, 0) is 0 Å². The third-order valence-electron chi connectivity index (χ3n) is 5.49. The second-order valence-electron chi connectivity index (χ2n) is 7.38. The molecule has 5 heteroatoms. The highest BCUT2D eigenvalue weighted by Gasteiger charge is 2.24. The Balaban J connectivity index is 1.60. The van der Waals surface area contributed by atoms with Crippen LogP contribution in [0.5, 0.6) is 0 Å². The molecule has 5 nitrogen and oxygen atoms in total. The summed E-state index contributed by atoms with van der Waals surface area (Å²) in [6.45, 7) is 11.7. The highest BCUT2D eigenvalue weighted by atomic mass is 16.2. The van der Waals surface area contributed by atoms with Gasteiger partial charge in [-0.15, -0.1) is 0 Å². The summed E-state index contributed by atoms with van der Waals surface area (Å²) >= 11 is 0. The predicted octanol–water partition coefficient (Wildman–Crippen LogP) is 3.87. The molecule has 1 saturated heterocycles. The van der Waals surface area contributed by atoms with E-state index in [-0.39, 0.29) is 5.91 Å². The van der Waals surface area contributed by atoms with Crippen molar-refractivity contribution < 1.29 is 4.79 Å². The van der Waals surface area contributed by atoms with Crippen LogP contribution in [0.4, 0.5) is 11.4 Å². The molecule has 1 aromatic heterocycles. The lowest BCUT2D eigenvalue weighted by Crippen LogP contribution is -2.49. The number of pyridine rings is 1. The molecular formula is C22H30N4O. The molecule has 0 bridgehead atoms. The summed E-state index contributed by atoms with van der Waals surface area (Å²) in [6, 6.07) is 10.6. The number of nitrogens with one attached hydrogen (secondary N) is 1. The maximum atomic E-state index is 12.8. The summed E-state index contributed by atoms with van der Waals surface area (Å²) in [5.41, 5.74) is 5.39. The minimum Gasteiger partial charge on any atom is -0.381 e. The Morgan fingerprint density at radius 2 is 1.89 bits per heavy atom. The van der Waals surface area contributed by atoms with Crippen LogP contribution in [0.2, 0.25) is 0 Å². The Bertz CT molecular complexity index is 779. The zero-order chi connectivity index (χ0) is 19.4. The van der Waals surface area contributed by atoms with Gasteiger partial charge in [0.2, 0.25) is 0 Å². The van der Waals surface area contributed by atoms with Gasteiger partial charge < -0.3 is 15.1 Å². The first-order chi connectivity index (χ1) is 13.0. The van der Waals surface area contributed by atoms with Crippen LogP contribution >= 0.6 is 0 Å². The van der Waals surface area contributed by atoms with Gasteiger partial charge >= 0.3 is 0 Å². The van der Waals surface area contributed by atoms with Gasteiger partial charge in [0.05, 0.1) is 11.9 Å². The van der Waals surface area contributed by atoms with E-state index in [1.807, 2.05) is 17.0 Å². The number of rotatable bonds is 5. The minimum absolute atomic E-state index is 0.0192. The Kier molecular flexibility index (Phi) is 5.99. The van der Waals surface area contributed by atoms with Gasteiger partial charge in [-0.05, 0) is 56.5 Å². The standard InChI is InChI=1S/C22H30N4O/c1-5-17(3)24-19-9-10-20(23-15-19)22(27)26-13-11-25(12-14-26)21-8-6-7-16(2)18(21)4/h6-10,15,17,24H,5,11-14H2,1-4H3. The number of piperazine rings is 1. The van der Waals surface area contributed by atoms with Gasteiger partial charge in [-0.3, -0.25) is 4.79 Å². The van der Waals surface area contributed by atoms with Crippen molar-refractivity contribution in [3.05, 3.63) is 53.3 Å². The number of carbonyl (C=O) groups excluding carboxylic acids is 1. The van der Waals surface area contributed by atoms with Gasteiger partial charge in [0.1, 0.15) is 5.69 Å². The van der Waals surface area contributed by atoms with Gasteiger partial charge in [0.15, 0.2) is 0 Å². The topological polar surface area (TPSA) is 48.5 Å². The van der Waals surface area contributed by atoms with E-state index < -0.39 is 0 Å². The Morgan fingerprint density at radius 1 is 1.15 bits per heavy atom. The SMILES string of the molecule is CCC(C)Nc1ccc(C(=O)N2CCN(c3cccc(C)c3C)CC2)nc1. The number of amides is 1. The third-order valence-corrected chi connectivity index (χ3v) is 5.49. The molecule has 27 heavy (non-hydrogen) atoms. The van der Waals surface area contributed by atoms with Crippen molar-refractivity contribution in [3.63, 3.8) is 0 Å². The second kappa shape index (κ2) is 8.42.